The van der Waals surface area contributed by atoms with Gasteiger partial charge in [0.05, 0.1) is 0 Å². The second-order valence-corrected chi connectivity index (χ2v) is 11.7. The Morgan fingerprint density at radius 1 is 0.559 bits per heavy atom. The first-order valence-electron chi connectivity index (χ1n) is 12.0. The van der Waals surface area contributed by atoms with Gasteiger partial charge < -0.3 is 0 Å². The molecule has 2 heteroatoms. The van der Waals surface area contributed by atoms with Gasteiger partial charge in [-0.1, -0.05) is 110 Å². The van der Waals surface area contributed by atoms with Crippen LogP contribution in [0.15, 0.2) is 84.9 Å². The number of hydrogen-bond donors (Lipinski definition) is 0. The van der Waals surface area contributed by atoms with E-state index in [1.807, 2.05) is 0 Å². The Hall–Kier alpha value is -2.52. The third-order valence-electron chi connectivity index (χ3n) is 6.64. The molecule has 0 amide bonds. The Morgan fingerprint density at radius 3 is 1.68 bits per heavy atom. The highest BCUT2D eigenvalue weighted by atomic mass is 31.1. The molecule has 0 saturated carbocycles. The Bertz CT molecular complexity index is 1500. The number of fused-ring (bicyclic) bond motifs is 2. The van der Waals surface area contributed by atoms with Crippen molar-refractivity contribution in [2.75, 3.05) is 6.66 Å². The summed E-state index contributed by atoms with van der Waals surface area (Å²) in [6, 6.07) is 32.3. The molecule has 2 atom stereocenters. The molecule has 34 heavy (non-hydrogen) atoms. The summed E-state index contributed by atoms with van der Waals surface area (Å²) in [4.78, 5) is 0. The van der Waals surface area contributed by atoms with Crippen molar-refractivity contribution in [2.24, 2.45) is 0 Å². The van der Waals surface area contributed by atoms with Crippen LogP contribution in [0.5, 0.6) is 0 Å². The highest BCUT2D eigenvalue weighted by Crippen LogP contribution is 2.42. The molecule has 0 spiro atoms. The van der Waals surface area contributed by atoms with E-state index in [-0.39, 0.29) is 0 Å². The van der Waals surface area contributed by atoms with Crippen molar-refractivity contribution in [3.05, 3.63) is 113 Å². The zero-order valence-corrected chi connectivity index (χ0v) is 22.5. The van der Waals surface area contributed by atoms with Gasteiger partial charge in [0.1, 0.15) is 0 Å². The van der Waals surface area contributed by atoms with Crippen LogP contribution in [0.25, 0.3) is 32.7 Å². The van der Waals surface area contributed by atoms with Crippen molar-refractivity contribution in [3.63, 3.8) is 0 Å². The van der Waals surface area contributed by atoms with Gasteiger partial charge in [0.25, 0.3) is 0 Å². The zero-order chi connectivity index (χ0) is 23.7. The fraction of sp³-hybridized carbons (Fsp3) is 0.188. The van der Waals surface area contributed by atoms with Crippen molar-refractivity contribution in [1.82, 2.24) is 0 Å². The molecule has 0 saturated heterocycles. The Kier molecular flexibility index (Phi) is 6.83. The Morgan fingerprint density at radius 2 is 1.12 bits per heavy atom. The van der Waals surface area contributed by atoms with E-state index in [9.17, 15) is 0 Å². The molecule has 0 fully saturated rings. The highest BCUT2D eigenvalue weighted by Gasteiger charge is 2.17. The monoisotopic (exact) mass is 478 g/mol. The molecule has 0 radical (unpaired) electrons. The molecule has 170 valence electrons. The lowest BCUT2D eigenvalue weighted by Gasteiger charge is -2.20. The fourth-order valence-corrected chi connectivity index (χ4v) is 6.93. The normalized spacial score (nSPS) is 12.1. The van der Waals surface area contributed by atoms with Gasteiger partial charge in [-0.25, -0.2) is 0 Å². The van der Waals surface area contributed by atoms with Gasteiger partial charge in [-0.15, -0.1) is 8.58 Å². The molecule has 0 bridgehead atoms. The third kappa shape index (κ3) is 4.68. The SMILES string of the molecule is CPCc1ccc2cc(C)ccc2c1-c1c(CPc2cccc(C)c2)ccc2cc(C)ccc12. The molecule has 2 unspecified atom stereocenters. The Balaban J connectivity index is 1.77. The summed E-state index contributed by atoms with van der Waals surface area (Å²) in [5.41, 5.74) is 9.81. The first-order valence-corrected chi connectivity index (χ1v) is 14.9. The summed E-state index contributed by atoms with van der Waals surface area (Å²) >= 11 is 0. The number of hydrogen-bond acceptors (Lipinski definition) is 0. The molecular formula is C32H32P2. The lowest BCUT2D eigenvalue weighted by atomic mass is 9.87. The molecule has 5 rings (SSSR count). The number of benzene rings is 5. The average Bonchev–Trinajstić information content (AvgIpc) is 2.82. The molecule has 0 aliphatic rings. The van der Waals surface area contributed by atoms with Crippen molar-refractivity contribution < 1.29 is 0 Å². The second kappa shape index (κ2) is 10.00. The lowest BCUT2D eigenvalue weighted by Crippen LogP contribution is -1.99. The summed E-state index contributed by atoms with van der Waals surface area (Å²) in [6.07, 6.45) is 2.19. The van der Waals surface area contributed by atoms with Crippen LogP contribution in [0, 0.1) is 20.8 Å². The average molecular weight is 479 g/mol. The van der Waals surface area contributed by atoms with Crippen LogP contribution in [0.3, 0.4) is 0 Å². The largest absolute Gasteiger partial charge is 0.121 e. The molecule has 5 aromatic rings. The minimum atomic E-state index is 0.763. The molecule has 0 aliphatic carbocycles. The second-order valence-electron chi connectivity index (χ2n) is 9.40. The minimum Gasteiger partial charge on any atom is -0.121 e. The van der Waals surface area contributed by atoms with E-state index in [2.05, 4.69) is 112 Å². The predicted molar refractivity (Wildman–Crippen MR) is 157 cm³/mol. The smallest absolute Gasteiger partial charge is 0.00538 e. The van der Waals surface area contributed by atoms with E-state index < -0.39 is 0 Å². The van der Waals surface area contributed by atoms with Crippen LogP contribution in [-0.4, -0.2) is 6.66 Å². The molecule has 0 aliphatic heterocycles. The summed E-state index contributed by atoms with van der Waals surface area (Å²) < 4.78 is 0. The van der Waals surface area contributed by atoms with Gasteiger partial charge in [0.15, 0.2) is 0 Å². The molecule has 0 nitrogen and oxygen atoms in total. The topological polar surface area (TPSA) is 0 Å². The third-order valence-corrected chi connectivity index (χ3v) is 8.65. The lowest BCUT2D eigenvalue weighted by molar-refractivity contribution is 1.38. The maximum atomic E-state index is 2.39. The predicted octanol–water partition coefficient (Wildman–Crippen LogP) is 8.90. The summed E-state index contributed by atoms with van der Waals surface area (Å²) in [7, 11) is 1.66. The maximum Gasteiger partial charge on any atom is -0.00538 e. The van der Waals surface area contributed by atoms with Crippen LogP contribution in [0.4, 0.5) is 0 Å². The first-order chi connectivity index (χ1) is 16.5. The fourth-order valence-electron chi connectivity index (χ4n) is 5.02. The van der Waals surface area contributed by atoms with E-state index in [0.717, 1.165) is 29.5 Å². The van der Waals surface area contributed by atoms with Gasteiger partial charge >= 0.3 is 0 Å². The highest BCUT2D eigenvalue weighted by molar-refractivity contribution is 7.46. The summed E-state index contributed by atoms with van der Waals surface area (Å²) in [5.74, 6) is 0. The molecule has 5 aromatic carbocycles. The number of rotatable bonds is 6. The van der Waals surface area contributed by atoms with E-state index in [1.165, 1.54) is 65.8 Å². The van der Waals surface area contributed by atoms with Crippen molar-refractivity contribution in [3.8, 4) is 11.1 Å². The zero-order valence-electron chi connectivity index (χ0n) is 20.5. The van der Waals surface area contributed by atoms with Gasteiger partial charge in [-0.3, -0.25) is 0 Å². The molecule has 0 heterocycles. The van der Waals surface area contributed by atoms with Crippen molar-refractivity contribution >= 4 is 44.0 Å². The van der Waals surface area contributed by atoms with Crippen LogP contribution < -0.4 is 5.30 Å². The van der Waals surface area contributed by atoms with E-state index in [1.54, 1.807) is 0 Å². The van der Waals surface area contributed by atoms with E-state index >= 15 is 0 Å². The van der Waals surface area contributed by atoms with Gasteiger partial charge in [0, 0.05) is 0 Å². The minimum absolute atomic E-state index is 0.763. The van der Waals surface area contributed by atoms with Gasteiger partial charge in [-0.05, 0) is 88.9 Å². The molecule has 0 aromatic heterocycles. The van der Waals surface area contributed by atoms with Gasteiger partial charge in [-0.2, -0.15) is 0 Å². The number of aryl methyl sites for hydroxylation is 3. The molecular weight excluding hydrogens is 446 g/mol. The van der Waals surface area contributed by atoms with E-state index in [0.29, 0.717) is 0 Å². The Labute approximate surface area is 207 Å². The quantitative estimate of drug-likeness (QED) is 0.214. The maximum absolute atomic E-state index is 2.39. The van der Waals surface area contributed by atoms with Crippen LogP contribution in [-0.2, 0) is 12.3 Å². The molecule has 0 N–H and O–H groups in total. The van der Waals surface area contributed by atoms with Crippen LogP contribution >= 0.6 is 17.2 Å². The van der Waals surface area contributed by atoms with Crippen molar-refractivity contribution in [1.29, 1.82) is 0 Å². The summed E-state index contributed by atoms with van der Waals surface area (Å²) in [5, 5.41) is 6.89. The van der Waals surface area contributed by atoms with Gasteiger partial charge in [0.2, 0.25) is 0 Å². The van der Waals surface area contributed by atoms with Crippen LogP contribution in [0.2, 0.25) is 0 Å². The van der Waals surface area contributed by atoms with E-state index in [4.69, 9.17) is 0 Å². The standard InChI is InChI=1S/C32H32P2/c1-21-6-5-7-28(18-21)34-20-27-13-11-25-17-23(3)9-15-30(25)32(27)31-26(19-33-4)12-10-24-16-22(2)8-14-29(24)31/h5-18,33-34H,19-20H2,1-4H3. The van der Waals surface area contributed by atoms with Crippen molar-refractivity contribution in [2.45, 2.75) is 33.1 Å². The van der Waals surface area contributed by atoms with Crippen LogP contribution in [0.1, 0.15) is 27.8 Å². The summed E-state index contributed by atoms with van der Waals surface area (Å²) in [6.45, 7) is 8.88. The first kappa shape index (κ1) is 23.2.